The molecule has 1 aliphatic carbocycles. The average molecular weight is 1050 g/mol. The van der Waals surface area contributed by atoms with Gasteiger partial charge in [0.2, 0.25) is 0 Å². The normalized spacial score (nSPS) is 21.6. The molecule has 1 rings (SSSR count). The first-order valence-electron chi connectivity index (χ1n) is 25.3. The Kier molecular flexibility index (Phi) is 36.9. The van der Waals surface area contributed by atoms with Gasteiger partial charge in [-0.3, -0.25) is 27.7 Å². The van der Waals surface area contributed by atoms with E-state index >= 15 is 0 Å². The summed E-state index contributed by atoms with van der Waals surface area (Å²) in [5, 5.41) is 31.9. The van der Waals surface area contributed by atoms with Gasteiger partial charge in [-0.05, 0) is 51.4 Å². The van der Waals surface area contributed by atoms with Gasteiger partial charge < -0.3 is 49.3 Å². The van der Waals surface area contributed by atoms with Crippen LogP contribution in [0, 0.1) is 0 Å². The summed E-state index contributed by atoms with van der Waals surface area (Å²) in [5.41, 5.74) is 0. The number of unbranched alkanes of at least 4 members (excludes halogenated alkanes) is 21. The summed E-state index contributed by atoms with van der Waals surface area (Å²) in [5.74, 6) is -1.32. The van der Waals surface area contributed by atoms with Crippen LogP contribution in [0.1, 0.15) is 194 Å². The van der Waals surface area contributed by atoms with E-state index in [0.29, 0.717) is 12.8 Å². The molecule has 0 bridgehead atoms. The zero-order chi connectivity index (χ0) is 51.4. The van der Waals surface area contributed by atoms with Crippen LogP contribution in [-0.2, 0) is 50.9 Å². The zero-order valence-corrected chi connectivity index (χ0v) is 43.8. The molecule has 0 saturated heterocycles. The molecule has 69 heavy (non-hydrogen) atoms. The highest BCUT2D eigenvalue weighted by molar-refractivity contribution is 7.47. The SMILES string of the molecule is CCCCC/C=C\C/C=C\C/C=C\CCCCCCC(=O)OC[C@H](COP(=O)(O)O[C@H]1C(O)C(O)C(OP(=O)(O)O)[C@@H](OP(=O)(O)O)C1O)OC(=O)CCCCCCCCCCCCCCCCC. The predicted molar refractivity (Wildman–Crippen MR) is 261 cm³/mol. The van der Waals surface area contributed by atoms with Crippen molar-refractivity contribution in [2.24, 2.45) is 0 Å². The fraction of sp³-hybridized carbons (Fsp3) is 0.830. The Labute approximate surface area is 410 Å². The number of phosphoric acid groups is 3. The highest BCUT2D eigenvalue weighted by Gasteiger charge is 2.56. The summed E-state index contributed by atoms with van der Waals surface area (Å²) in [6.45, 7) is 2.92. The fourth-order valence-corrected chi connectivity index (χ4v) is 9.75. The van der Waals surface area contributed by atoms with Crippen LogP contribution in [0.2, 0.25) is 0 Å². The number of aliphatic hydroxyl groups is 3. The molecule has 0 aliphatic heterocycles. The lowest BCUT2D eigenvalue weighted by Gasteiger charge is -2.44. The summed E-state index contributed by atoms with van der Waals surface area (Å²) >= 11 is 0. The molecule has 404 valence electrons. The van der Waals surface area contributed by atoms with Crippen molar-refractivity contribution in [1.82, 2.24) is 0 Å². The molecule has 0 heterocycles. The van der Waals surface area contributed by atoms with Crippen LogP contribution in [0.5, 0.6) is 0 Å². The van der Waals surface area contributed by atoms with Gasteiger partial charge in [-0.2, -0.15) is 0 Å². The standard InChI is InChI=1S/C47H87O19P3/c1-3-5-7-9-11-13-15-17-19-20-22-23-25-27-29-31-33-35-40(48)61-37-39(63-41(49)36-34-32-30-28-26-24-21-18-16-14-12-10-8-6-4-2)38-62-69(59,60)66-45-42(50)43(51)46(64-67(53,54)55)47(44(45)52)65-68(56,57)58/h11,13,17,19,22-23,39,42-47,50-52H,3-10,12,14-16,18,20-21,24-38H2,1-2H3,(H,59,60)(H2,53,54,55)(H2,56,57,58)/b13-11-,19-17-,23-22-/t39-,42?,43?,44?,45+,46?,47+/m1/s1. The Bertz CT molecular complexity index is 1580. The predicted octanol–water partition coefficient (Wildman–Crippen LogP) is 9.63. The van der Waals surface area contributed by atoms with Crippen molar-refractivity contribution in [3.05, 3.63) is 36.5 Å². The second-order valence-corrected chi connectivity index (χ2v) is 21.5. The first kappa shape index (κ1) is 65.4. The molecule has 19 nitrogen and oxygen atoms in total. The van der Waals surface area contributed by atoms with Crippen LogP contribution in [0.3, 0.4) is 0 Å². The number of hydrogen-bond acceptors (Lipinski definition) is 14. The Hall–Kier alpha value is -1.63. The summed E-state index contributed by atoms with van der Waals surface area (Å²) < 4.78 is 65.6. The van der Waals surface area contributed by atoms with E-state index in [1.807, 2.05) is 0 Å². The lowest BCUT2D eigenvalue weighted by molar-refractivity contribution is -0.213. The second kappa shape index (κ2) is 38.9. The van der Waals surface area contributed by atoms with Crippen molar-refractivity contribution in [3.8, 4) is 0 Å². The number of carbonyl (C=O) groups is 2. The lowest BCUT2D eigenvalue weighted by atomic mass is 9.85. The van der Waals surface area contributed by atoms with Gasteiger partial charge in [-0.25, -0.2) is 13.7 Å². The quantitative estimate of drug-likeness (QED) is 0.0122. The lowest BCUT2D eigenvalue weighted by Crippen LogP contribution is -2.65. The van der Waals surface area contributed by atoms with Crippen molar-refractivity contribution in [3.63, 3.8) is 0 Å². The third kappa shape index (κ3) is 35.2. The van der Waals surface area contributed by atoms with Crippen molar-refractivity contribution in [1.29, 1.82) is 0 Å². The van der Waals surface area contributed by atoms with Crippen LogP contribution >= 0.6 is 23.5 Å². The van der Waals surface area contributed by atoms with Crippen LogP contribution in [-0.4, -0.2) is 108 Å². The minimum Gasteiger partial charge on any atom is -0.462 e. The molecule has 8 atom stereocenters. The summed E-state index contributed by atoms with van der Waals surface area (Å²) in [7, 11) is -16.6. The molecule has 0 radical (unpaired) electrons. The van der Waals surface area contributed by atoms with Gasteiger partial charge in [0, 0.05) is 12.8 Å². The third-order valence-corrected chi connectivity index (χ3v) is 13.5. The maximum Gasteiger partial charge on any atom is 0.472 e. The van der Waals surface area contributed by atoms with Crippen LogP contribution in [0.4, 0.5) is 0 Å². The molecular formula is C47H87O19P3. The van der Waals surface area contributed by atoms with Crippen molar-refractivity contribution >= 4 is 35.4 Å². The number of esters is 2. The van der Waals surface area contributed by atoms with Crippen molar-refractivity contribution < 1.29 is 90.6 Å². The fourth-order valence-electron chi connectivity index (χ4n) is 7.65. The highest BCUT2D eigenvalue weighted by atomic mass is 31.2. The maximum atomic E-state index is 13.1. The Balaban J connectivity index is 2.71. The molecule has 0 aromatic rings. The first-order chi connectivity index (χ1) is 32.8. The molecule has 0 aromatic carbocycles. The third-order valence-electron chi connectivity index (χ3n) is 11.4. The van der Waals surface area contributed by atoms with E-state index in [-0.39, 0.29) is 12.8 Å². The van der Waals surface area contributed by atoms with E-state index in [1.165, 1.54) is 77.0 Å². The molecule has 1 aliphatic rings. The molecule has 1 fully saturated rings. The minimum absolute atomic E-state index is 0.00408. The number of aliphatic hydroxyl groups excluding tert-OH is 3. The monoisotopic (exact) mass is 1050 g/mol. The number of allylic oxidation sites excluding steroid dienone is 6. The number of hydrogen-bond donors (Lipinski definition) is 8. The number of rotatable bonds is 43. The summed E-state index contributed by atoms with van der Waals surface area (Å²) in [4.78, 5) is 73.3. The zero-order valence-electron chi connectivity index (χ0n) is 41.1. The number of carbonyl (C=O) groups excluding carboxylic acids is 2. The highest BCUT2D eigenvalue weighted by Crippen LogP contribution is 2.51. The van der Waals surface area contributed by atoms with Gasteiger partial charge in [0.1, 0.15) is 43.2 Å². The first-order valence-corrected chi connectivity index (χ1v) is 29.8. The molecule has 22 heteroatoms. The largest absolute Gasteiger partial charge is 0.472 e. The molecule has 0 aromatic heterocycles. The molecule has 0 spiro atoms. The summed E-state index contributed by atoms with van der Waals surface area (Å²) in [6.07, 6.45) is 24.3. The number of ether oxygens (including phenoxy) is 2. The Morgan fingerprint density at radius 1 is 0.464 bits per heavy atom. The van der Waals surface area contributed by atoms with E-state index in [1.54, 1.807) is 0 Å². The summed E-state index contributed by atoms with van der Waals surface area (Å²) in [6, 6.07) is 0. The van der Waals surface area contributed by atoms with Crippen molar-refractivity contribution in [2.45, 2.75) is 236 Å². The van der Waals surface area contributed by atoms with Crippen molar-refractivity contribution in [2.75, 3.05) is 13.2 Å². The van der Waals surface area contributed by atoms with Crippen LogP contribution < -0.4 is 0 Å². The molecule has 8 N–H and O–H groups in total. The maximum absolute atomic E-state index is 13.1. The molecular weight excluding hydrogens is 961 g/mol. The average Bonchev–Trinajstić information content (AvgIpc) is 3.28. The molecule has 1 saturated carbocycles. The van der Waals surface area contributed by atoms with Crippen LogP contribution in [0.25, 0.3) is 0 Å². The Morgan fingerprint density at radius 3 is 1.32 bits per heavy atom. The van der Waals surface area contributed by atoms with Crippen LogP contribution in [0.15, 0.2) is 36.5 Å². The van der Waals surface area contributed by atoms with E-state index in [9.17, 15) is 63.1 Å². The van der Waals surface area contributed by atoms with Gasteiger partial charge in [-0.1, -0.05) is 166 Å². The smallest absolute Gasteiger partial charge is 0.462 e. The second-order valence-electron chi connectivity index (χ2n) is 17.8. The van der Waals surface area contributed by atoms with E-state index < -0.39 is 91.3 Å². The van der Waals surface area contributed by atoms with E-state index in [4.69, 9.17) is 18.5 Å². The topological polar surface area (TPSA) is 303 Å². The van der Waals surface area contributed by atoms with Gasteiger partial charge in [0.05, 0.1) is 6.61 Å². The van der Waals surface area contributed by atoms with Gasteiger partial charge in [0.15, 0.2) is 6.10 Å². The molecule has 5 unspecified atom stereocenters. The van der Waals surface area contributed by atoms with Gasteiger partial charge >= 0.3 is 35.4 Å². The minimum atomic E-state index is -5.60. The van der Waals surface area contributed by atoms with Gasteiger partial charge in [-0.15, -0.1) is 0 Å². The van der Waals surface area contributed by atoms with E-state index in [0.717, 1.165) is 77.0 Å². The Morgan fingerprint density at radius 2 is 0.841 bits per heavy atom. The van der Waals surface area contributed by atoms with E-state index in [2.05, 4.69) is 59.4 Å². The van der Waals surface area contributed by atoms with Gasteiger partial charge in [0.25, 0.3) is 0 Å². The molecule has 0 amide bonds. The number of phosphoric ester groups is 3.